The first-order chi connectivity index (χ1) is 16.3. The van der Waals surface area contributed by atoms with E-state index in [4.69, 9.17) is 0 Å². The van der Waals surface area contributed by atoms with Crippen LogP contribution in [0.5, 0.6) is 0 Å². The molecule has 2 heterocycles. The lowest BCUT2D eigenvalue weighted by atomic mass is 10.2. The van der Waals surface area contributed by atoms with E-state index in [1.165, 1.54) is 52.8 Å². The third-order valence-electron chi connectivity index (χ3n) is 4.90. The Bertz CT molecular complexity index is 1270. The number of sulfonamides is 1. The van der Waals surface area contributed by atoms with Crippen LogP contribution in [0.15, 0.2) is 57.8 Å². The van der Waals surface area contributed by atoms with Gasteiger partial charge in [0.1, 0.15) is 5.82 Å². The topological polar surface area (TPSA) is 121 Å². The van der Waals surface area contributed by atoms with Gasteiger partial charge in [0, 0.05) is 24.3 Å². The minimum atomic E-state index is -3.54. The van der Waals surface area contributed by atoms with E-state index >= 15 is 0 Å². The summed E-state index contributed by atoms with van der Waals surface area (Å²) in [6, 6.07) is 11.2. The Kier molecular flexibility index (Phi) is 7.56. The molecule has 1 aromatic heterocycles. The third kappa shape index (κ3) is 5.97. The van der Waals surface area contributed by atoms with E-state index in [0.717, 1.165) is 35.9 Å². The number of hydrogen-bond donors (Lipinski definition) is 2. The van der Waals surface area contributed by atoms with Crippen molar-refractivity contribution in [1.29, 1.82) is 0 Å². The summed E-state index contributed by atoms with van der Waals surface area (Å²) in [5, 5.41) is 13.4. The van der Waals surface area contributed by atoms with Crippen molar-refractivity contribution < 1.29 is 22.4 Å². The van der Waals surface area contributed by atoms with Crippen LogP contribution < -0.4 is 10.6 Å². The number of carbonyl (C=O) groups excluding carboxylic acids is 2. The molecule has 3 aromatic rings. The van der Waals surface area contributed by atoms with Crippen molar-refractivity contribution in [3.05, 3.63) is 59.9 Å². The molecule has 1 fully saturated rings. The number of thioether (sulfide) groups is 1. The summed E-state index contributed by atoms with van der Waals surface area (Å²) in [4.78, 5) is 24.7. The van der Waals surface area contributed by atoms with Gasteiger partial charge in [-0.2, -0.15) is 4.31 Å². The number of aromatic nitrogens is 2. The lowest BCUT2D eigenvalue weighted by Gasteiger charge is -2.15. The van der Waals surface area contributed by atoms with Gasteiger partial charge in [-0.25, -0.2) is 12.8 Å². The molecule has 1 saturated heterocycles. The molecule has 13 heteroatoms. The van der Waals surface area contributed by atoms with Crippen molar-refractivity contribution in [2.45, 2.75) is 22.1 Å². The number of halogens is 1. The highest BCUT2D eigenvalue weighted by Crippen LogP contribution is 2.26. The first-order valence-electron chi connectivity index (χ1n) is 10.2. The van der Waals surface area contributed by atoms with Crippen LogP contribution in [0.25, 0.3) is 0 Å². The molecule has 0 bridgehead atoms. The Morgan fingerprint density at radius 3 is 2.35 bits per heavy atom. The number of amides is 2. The number of anilines is 2. The van der Waals surface area contributed by atoms with Gasteiger partial charge in [0.05, 0.1) is 10.6 Å². The van der Waals surface area contributed by atoms with Gasteiger partial charge in [-0.05, 0) is 61.4 Å². The van der Waals surface area contributed by atoms with E-state index in [1.54, 1.807) is 0 Å². The molecule has 9 nitrogen and oxygen atoms in total. The summed E-state index contributed by atoms with van der Waals surface area (Å²) < 4.78 is 40.1. The molecular formula is C21H20FN5O4S3. The number of benzene rings is 2. The van der Waals surface area contributed by atoms with Crippen LogP contribution in [-0.4, -0.2) is 53.6 Å². The van der Waals surface area contributed by atoms with Gasteiger partial charge in [0.2, 0.25) is 21.1 Å². The van der Waals surface area contributed by atoms with Crippen LogP contribution >= 0.6 is 23.1 Å². The van der Waals surface area contributed by atoms with Crippen LogP contribution in [-0.2, 0) is 14.8 Å². The van der Waals surface area contributed by atoms with Crippen molar-refractivity contribution in [2.75, 3.05) is 29.5 Å². The zero-order valence-corrected chi connectivity index (χ0v) is 20.2. The zero-order valence-electron chi connectivity index (χ0n) is 17.7. The first kappa shape index (κ1) is 24.3. The molecule has 0 spiro atoms. The lowest BCUT2D eigenvalue weighted by Crippen LogP contribution is -2.27. The van der Waals surface area contributed by atoms with Crippen LogP contribution in [0, 0.1) is 5.82 Å². The number of rotatable bonds is 8. The largest absolute Gasteiger partial charge is 0.325 e. The Labute approximate surface area is 203 Å². The van der Waals surface area contributed by atoms with Gasteiger partial charge in [-0.1, -0.05) is 23.1 Å². The highest BCUT2D eigenvalue weighted by Gasteiger charge is 2.27. The summed E-state index contributed by atoms with van der Waals surface area (Å²) in [6.07, 6.45) is 1.70. The molecule has 2 aromatic carbocycles. The van der Waals surface area contributed by atoms with E-state index in [1.807, 2.05) is 0 Å². The molecule has 1 aliphatic heterocycles. The fraction of sp³-hybridized carbons (Fsp3) is 0.238. The first-order valence-corrected chi connectivity index (χ1v) is 13.5. The van der Waals surface area contributed by atoms with Gasteiger partial charge in [-0.3, -0.25) is 14.9 Å². The summed E-state index contributed by atoms with van der Waals surface area (Å²) >= 11 is 2.25. The predicted molar refractivity (Wildman–Crippen MR) is 128 cm³/mol. The quantitative estimate of drug-likeness (QED) is 0.344. The minimum absolute atomic E-state index is 0.0624. The maximum Gasteiger partial charge on any atom is 0.257 e. The molecule has 1 aliphatic rings. The summed E-state index contributed by atoms with van der Waals surface area (Å²) in [5.74, 6) is -1.07. The highest BCUT2D eigenvalue weighted by molar-refractivity contribution is 8.01. The van der Waals surface area contributed by atoms with E-state index in [-0.39, 0.29) is 33.1 Å². The minimum Gasteiger partial charge on any atom is -0.325 e. The fourth-order valence-corrected chi connectivity index (χ4v) is 6.27. The van der Waals surface area contributed by atoms with Crippen LogP contribution in [0.1, 0.15) is 23.2 Å². The van der Waals surface area contributed by atoms with E-state index < -0.39 is 15.9 Å². The monoisotopic (exact) mass is 521 g/mol. The van der Waals surface area contributed by atoms with Crippen molar-refractivity contribution >= 4 is 55.8 Å². The van der Waals surface area contributed by atoms with Crippen LogP contribution in [0.2, 0.25) is 0 Å². The molecule has 0 aliphatic carbocycles. The van der Waals surface area contributed by atoms with Crippen LogP contribution in [0.3, 0.4) is 0 Å². The Morgan fingerprint density at radius 1 is 1.00 bits per heavy atom. The standard InChI is InChI=1S/C21H20FN5O4S3/c22-15-5-7-16(8-6-15)23-18(28)13-32-21-26-25-20(33-21)24-19(29)14-3-9-17(10-4-14)34(30,31)27-11-1-2-12-27/h3-10H,1-2,11-13H2,(H,23,28)(H,24,25,29). The number of hydrogen-bond acceptors (Lipinski definition) is 8. The van der Waals surface area contributed by atoms with Gasteiger partial charge < -0.3 is 5.32 Å². The predicted octanol–water partition coefficient (Wildman–Crippen LogP) is 3.44. The number of carbonyl (C=O) groups is 2. The molecule has 2 N–H and O–H groups in total. The molecule has 34 heavy (non-hydrogen) atoms. The third-order valence-corrected chi connectivity index (χ3v) is 8.79. The zero-order chi connectivity index (χ0) is 24.1. The fourth-order valence-electron chi connectivity index (χ4n) is 3.20. The Balaban J connectivity index is 1.29. The second kappa shape index (κ2) is 10.6. The van der Waals surface area contributed by atoms with Gasteiger partial charge >= 0.3 is 0 Å². The van der Waals surface area contributed by atoms with E-state index in [9.17, 15) is 22.4 Å². The molecule has 0 atom stereocenters. The molecule has 178 valence electrons. The van der Waals surface area contributed by atoms with Gasteiger partial charge in [0.15, 0.2) is 4.34 Å². The molecular weight excluding hydrogens is 501 g/mol. The lowest BCUT2D eigenvalue weighted by molar-refractivity contribution is -0.113. The van der Waals surface area contributed by atoms with Crippen molar-refractivity contribution in [3.63, 3.8) is 0 Å². The maximum absolute atomic E-state index is 12.9. The summed E-state index contributed by atoms with van der Waals surface area (Å²) in [6.45, 7) is 1.02. The SMILES string of the molecule is O=C(CSc1nnc(NC(=O)c2ccc(S(=O)(=O)N3CCCC3)cc2)s1)Nc1ccc(F)cc1. The summed E-state index contributed by atoms with van der Waals surface area (Å²) in [7, 11) is -3.54. The second-order valence-electron chi connectivity index (χ2n) is 7.31. The number of nitrogens with one attached hydrogen (secondary N) is 2. The summed E-state index contributed by atoms with van der Waals surface area (Å²) in [5.41, 5.74) is 0.764. The second-order valence-corrected chi connectivity index (χ2v) is 11.4. The molecule has 4 rings (SSSR count). The molecule has 0 saturated carbocycles. The van der Waals surface area contributed by atoms with Crippen molar-refractivity contribution in [1.82, 2.24) is 14.5 Å². The Hall–Kier alpha value is -2.87. The highest BCUT2D eigenvalue weighted by atomic mass is 32.2. The average Bonchev–Trinajstić information content (AvgIpc) is 3.52. The molecule has 0 unspecified atom stereocenters. The van der Waals surface area contributed by atoms with Gasteiger partial charge in [0.25, 0.3) is 5.91 Å². The Morgan fingerprint density at radius 2 is 1.68 bits per heavy atom. The maximum atomic E-state index is 12.9. The smallest absolute Gasteiger partial charge is 0.257 e. The van der Waals surface area contributed by atoms with Crippen molar-refractivity contribution in [2.24, 2.45) is 0 Å². The molecule has 0 radical (unpaired) electrons. The van der Waals surface area contributed by atoms with Gasteiger partial charge in [-0.15, -0.1) is 10.2 Å². The number of nitrogens with zero attached hydrogens (tertiary/aromatic N) is 3. The average molecular weight is 522 g/mol. The normalized spacial score (nSPS) is 14.1. The van der Waals surface area contributed by atoms with E-state index in [2.05, 4.69) is 20.8 Å². The molecule has 2 amide bonds. The van der Waals surface area contributed by atoms with Crippen LogP contribution in [0.4, 0.5) is 15.2 Å². The van der Waals surface area contributed by atoms with E-state index in [0.29, 0.717) is 23.1 Å². The van der Waals surface area contributed by atoms with Crippen molar-refractivity contribution in [3.8, 4) is 0 Å².